The first kappa shape index (κ1) is 12.8. The van der Waals surface area contributed by atoms with Gasteiger partial charge in [0.15, 0.2) is 0 Å². The molecular weight excluding hydrogens is 236 g/mol. The lowest BCUT2D eigenvalue weighted by Gasteiger charge is -2.35. The van der Waals surface area contributed by atoms with E-state index in [2.05, 4.69) is 16.3 Å². The van der Waals surface area contributed by atoms with Crippen LogP contribution in [0.5, 0.6) is 0 Å². The van der Waals surface area contributed by atoms with Gasteiger partial charge in [-0.15, -0.1) is 0 Å². The van der Waals surface area contributed by atoms with Crippen LogP contribution >= 0.6 is 11.6 Å². The van der Waals surface area contributed by atoms with Crippen molar-refractivity contribution in [1.82, 2.24) is 10.2 Å². The van der Waals surface area contributed by atoms with E-state index in [-0.39, 0.29) is 12.6 Å². The summed E-state index contributed by atoms with van der Waals surface area (Å²) >= 11 is 6.03. The third kappa shape index (κ3) is 3.42. The molecule has 1 atom stereocenters. The summed E-state index contributed by atoms with van der Waals surface area (Å²) in [5, 5.41) is 13.3. The van der Waals surface area contributed by atoms with Crippen LogP contribution in [0, 0.1) is 0 Å². The van der Waals surface area contributed by atoms with E-state index in [1.165, 1.54) is 5.56 Å². The fourth-order valence-electron chi connectivity index (χ4n) is 2.39. The van der Waals surface area contributed by atoms with E-state index in [0.29, 0.717) is 0 Å². The van der Waals surface area contributed by atoms with E-state index in [4.69, 9.17) is 11.6 Å². The smallest absolute Gasteiger partial charge is 0.0449 e. The van der Waals surface area contributed by atoms with Crippen LogP contribution in [0.25, 0.3) is 0 Å². The molecule has 1 aliphatic rings. The maximum absolute atomic E-state index is 9.22. The molecule has 0 aliphatic carbocycles. The number of nitrogens with one attached hydrogen (secondary N) is 1. The Hall–Kier alpha value is -0.610. The van der Waals surface area contributed by atoms with Crippen LogP contribution in [0.2, 0.25) is 5.02 Å². The minimum atomic E-state index is 0.209. The zero-order valence-corrected chi connectivity index (χ0v) is 10.7. The van der Waals surface area contributed by atoms with Crippen molar-refractivity contribution in [2.24, 2.45) is 0 Å². The molecule has 0 radical (unpaired) electrons. The van der Waals surface area contributed by atoms with Crippen molar-refractivity contribution < 1.29 is 5.11 Å². The molecule has 0 saturated carbocycles. The van der Waals surface area contributed by atoms with E-state index in [9.17, 15) is 5.11 Å². The minimum Gasteiger partial charge on any atom is -0.396 e. The summed E-state index contributed by atoms with van der Waals surface area (Å²) in [7, 11) is 0. The van der Waals surface area contributed by atoms with E-state index >= 15 is 0 Å². The predicted molar refractivity (Wildman–Crippen MR) is 70.3 cm³/mol. The Morgan fingerprint density at radius 2 is 2.12 bits per heavy atom. The fourth-order valence-corrected chi connectivity index (χ4v) is 2.59. The highest BCUT2D eigenvalue weighted by Gasteiger charge is 2.21. The molecule has 0 amide bonds. The van der Waals surface area contributed by atoms with Crippen LogP contribution in [0.1, 0.15) is 18.0 Å². The molecule has 1 aromatic carbocycles. The number of rotatable bonds is 4. The van der Waals surface area contributed by atoms with Crippen molar-refractivity contribution in [2.75, 3.05) is 32.8 Å². The Morgan fingerprint density at radius 3 is 2.76 bits per heavy atom. The maximum atomic E-state index is 9.22. The number of halogens is 1. The molecule has 0 unspecified atom stereocenters. The second-order valence-electron chi connectivity index (χ2n) is 4.37. The van der Waals surface area contributed by atoms with Crippen LogP contribution in [-0.2, 0) is 0 Å². The Kier molecular flexibility index (Phi) is 4.80. The largest absolute Gasteiger partial charge is 0.396 e. The number of hydrogen-bond donors (Lipinski definition) is 2. The van der Waals surface area contributed by atoms with Crippen LogP contribution in [0.4, 0.5) is 0 Å². The third-order valence-corrected chi connectivity index (χ3v) is 3.46. The Balaban J connectivity index is 2.15. The number of aliphatic hydroxyl groups excluding tert-OH is 1. The summed E-state index contributed by atoms with van der Waals surface area (Å²) < 4.78 is 0. The lowest BCUT2D eigenvalue weighted by Crippen LogP contribution is -2.45. The van der Waals surface area contributed by atoms with Crippen LogP contribution < -0.4 is 5.32 Å². The molecule has 3 nitrogen and oxygen atoms in total. The summed E-state index contributed by atoms with van der Waals surface area (Å²) in [5.41, 5.74) is 1.20. The number of nitrogens with zero attached hydrogens (tertiary/aromatic N) is 1. The summed E-state index contributed by atoms with van der Waals surface area (Å²) in [5.74, 6) is 0. The fraction of sp³-hybridized carbons (Fsp3) is 0.538. The van der Waals surface area contributed by atoms with Crippen LogP contribution in [0.3, 0.4) is 0 Å². The molecule has 2 rings (SSSR count). The average Bonchev–Trinajstić information content (AvgIpc) is 2.37. The minimum absolute atomic E-state index is 0.209. The monoisotopic (exact) mass is 254 g/mol. The first-order chi connectivity index (χ1) is 8.31. The van der Waals surface area contributed by atoms with Crippen LogP contribution in [-0.4, -0.2) is 42.8 Å². The van der Waals surface area contributed by atoms with Gasteiger partial charge < -0.3 is 10.4 Å². The molecule has 1 aromatic rings. The van der Waals surface area contributed by atoms with E-state index in [1.807, 2.05) is 18.2 Å². The molecule has 94 valence electrons. The second-order valence-corrected chi connectivity index (χ2v) is 4.81. The standard InChI is InChI=1S/C13H19ClN2O/c14-12-3-1-2-11(10-12)13(4-9-17)16-7-5-15-6-8-16/h1-3,10,13,15,17H,4-9H2/t13-/m1/s1. The molecule has 2 N–H and O–H groups in total. The van der Waals surface area contributed by atoms with Gasteiger partial charge in [0.1, 0.15) is 0 Å². The van der Waals surface area contributed by atoms with Crippen LogP contribution in [0.15, 0.2) is 24.3 Å². The van der Waals surface area contributed by atoms with E-state index in [0.717, 1.165) is 37.6 Å². The number of piperazine rings is 1. The molecule has 0 spiro atoms. The van der Waals surface area contributed by atoms with Crippen molar-refractivity contribution in [3.05, 3.63) is 34.9 Å². The first-order valence-electron chi connectivity index (χ1n) is 6.12. The molecule has 1 saturated heterocycles. The molecule has 4 heteroatoms. The zero-order valence-electron chi connectivity index (χ0n) is 9.90. The zero-order chi connectivity index (χ0) is 12.1. The van der Waals surface area contributed by atoms with Crippen molar-refractivity contribution >= 4 is 11.6 Å². The lowest BCUT2D eigenvalue weighted by molar-refractivity contribution is 0.141. The quantitative estimate of drug-likeness (QED) is 0.858. The first-order valence-corrected chi connectivity index (χ1v) is 6.50. The number of hydrogen-bond acceptors (Lipinski definition) is 3. The molecule has 17 heavy (non-hydrogen) atoms. The van der Waals surface area contributed by atoms with Crippen molar-refractivity contribution in [3.8, 4) is 0 Å². The SMILES string of the molecule is OCC[C@H](c1cccc(Cl)c1)N1CCNCC1. The van der Waals surface area contributed by atoms with Gasteiger partial charge in [-0.25, -0.2) is 0 Å². The van der Waals surface area contributed by atoms with Gasteiger partial charge in [-0.3, -0.25) is 4.90 Å². The van der Waals surface area contributed by atoms with Gasteiger partial charge in [0, 0.05) is 43.9 Å². The molecule has 0 aromatic heterocycles. The van der Waals surface area contributed by atoms with E-state index < -0.39 is 0 Å². The lowest BCUT2D eigenvalue weighted by atomic mass is 10.0. The molecule has 1 fully saturated rings. The van der Waals surface area contributed by atoms with Gasteiger partial charge in [-0.2, -0.15) is 0 Å². The maximum Gasteiger partial charge on any atom is 0.0449 e. The highest BCUT2D eigenvalue weighted by Crippen LogP contribution is 2.26. The van der Waals surface area contributed by atoms with Gasteiger partial charge in [-0.1, -0.05) is 23.7 Å². The summed E-state index contributed by atoms with van der Waals surface area (Å²) in [4.78, 5) is 2.42. The predicted octanol–water partition coefficient (Wildman–Crippen LogP) is 1.67. The summed E-state index contributed by atoms with van der Waals surface area (Å²) in [6.45, 7) is 4.29. The average molecular weight is 255 g/mol. The highest BCUT2D eigenvalue weighted by molar-refractivity contribution is 6.30. The molecule has 1 aliphatic heterocycles. The third-order valence-electron chi connectivity index (χ3n) is 3.23. The van der Waals surface area contributed by atoms with Crippen molar-refractivity contribution in [3.63, 3.8) is 0 Å². The van der Waals surface area contributed by atoms with Crippen molar-refractivity contribution in [2.45, 2.75) is 12.5 Å². The highest BCUT2D eigenvalue weighted by atomic mass is 35.5. The van der Waals surface area contributed by atoms with Gasteiger partial charge in [0.2, 0.25) is 0 Å². The van der Waals surface area contributed by atoms with Crippen molar-refractivity contribution in [1.29, 1.82) is 0 Å². The summed E-state index contributed by atoms with van der Waals surface area (Å²) in [6.07, 6.45) is 0.764. The van der Waals surface area contributed by atoms with E-state index in [1.54, 1.807) is 0 Å². The molecule has 0 bridgehead atoms. The van der Waals surface area contributed by atoms with Gasteiger partial charge in [0.05, 0.1) is 0 Å². The Bertz CT molecular complexity index is 353. The normalized spacial score (nSPS) is 19.2. The van der Waals surface area contributed by atoms with Gasteiger partial charge >= 0.3 is 0 Å². The van der Waals surface area contributed by atoms with Gasteiger partial charge in [0.25, 0.3) is 0 Å². The summed E-state index contributed by atoms with van der Waals surface area (Å²) in [6, 6.07) is 8.24. The molecular formula is C13H19ClN2O. The van der Waals surface area contributed by atoms with Gasteiger partial charge in [-0.05, 0) is 24.1 Å². The number of aliphatic hydroxyl groups is 1. The molecule has 1 heterocycles. The topological polar surface area (TPSA) is 35.5 Å². The Labute approximate surface area is 107 Å². The Morgan fingerprint density at radius 1 is 1.35 bits per heavy atom. The number of benzene rings is 1. The second kappa shape index (κ2) is 6.36.